The normalized spacial score (nSPS) is 36.5. The third-order valence-electron chi connectivity index (χ3n) is 4.20. The molecule has 2 N–H and O–H groups in total. The van der Waals surface area contributed by atoms with Gasteiger partial charge in [-0.25, -0.2) is 8.42 Å². The molecule has 2 aliphatic rings. The summed E-state index contributed by atoms with van der Waals surface area (Å²) in [5, 5.41) is -0.519. The van der Waals surface area contributed by atoms with Crippen LogP contribution in [0.5, 0.6) is 0 Å². The van der Waals surface area contributed by atoms with E-state index in [0.29, 0.717) is 12.8 Å². The first-order valence-corrected chi connectivity index (χ1v) is 7.62. The average molecular weight is 261 g/mol. The lowest BCUT2D eigenvalue weighted by Gasteiger charge is -2.31. The monoisotopic (exact) mass is 261 g/mol. The fourth-order valence-corrected chi connectivity index (χ4v) is 5.71. The second-order valence-corrected chi connectivity index (χ2v) is 7.52. The number of methoxy groups -OCH3 is 1. The fourth-order valence-electron chi connectivity index (χ4n) is 3.21. The van der Waals surface area contributed by atoms with E-state index in [4.69, 9.17) is 10.5 Å². The Labute approximate surface area is 102 Å². The summed E-state index contributed by atoms with van der Waals surface area (Å²) < 4.78 is 28.6. The van der Waals surface area contributed by atoms with Crippen LogP contribution < -0.4 is 5.73 Å². The molecule has 0 aromatic carbocycles. The molecule has 6 heteroatoms. The molecule has 0 saturated carbocycles. The van der Waals surface area contributed by atoms with Gasteiger partial charge in [-0.2, -0.15) is 0 Å². The molecule has 2 rings (SSSR count). The van der Waals surface area contributed by atoms with Crippen molar-refractivity contribution >= 4 is 15.8 Å². The Balaban J connectivity index is 2.14. The smallest absolute Gasteiger partial charge is 0.310 e. The number of nitrogens with two attached hydrogens (primary N) is 1. The zero-order chi connectivity index (χ0) is 12.6. The summed E-state index contributed by atoms with van der Waals surface area (Å²) in [6.07, 6.45) is 2.61. The molecule has 5 nitrogen and oxygen atoms in total. The molecule has 0 aromatic heterocycles. The van der Waals surface area contributed by atoms with Crippen molar-refractivity contribution in [3.05, 3.63) is 0 Å². The van der Waals surface area contributed by atoms with E-state index in [1.807, 2.05) is 0 Å². The first kappa shape index (κ1) is 12.8. The lowest BCUT2D eigenvalue weighted by molar-refractivity contribution is -0.147. The molecular formula is C11H19NO4S. The van der Waals surface area contributed by atoms with Crippen molar-refractivity contribution in [3.8, 4) is 0 Å². The molecule has 0 radical (unpaired) electrons. The predicted molar refractivity (Wildman–Crippen MR) is 63.0 cm³/mol. The Morgan fingerprint density at radius 2 is 1.88 bits per heavy atom. The topological polar surface area (TPSA) is 86.5 Å². The summed E-state index contributed by atoms with van der Waals surface area (Å²) >= 11 is 0. The van der Waals surface area contributed by atoms with E-state index in [2.05, 4.69) is 0 Å². The highest BCUT2D eigenvalue weighted by Crippen LogP contribution is 2.43. The predicted octanol–water partition coefficient (Wildman–Crippen LogP) is 0.0901. The summed E-state index contributed by atoms with van der Waals surface area (Å²) in [5.74, 6) is -0.594. The van der Waals surface area contributed by atoms with Gasteiger partial charge in [-0.3, -0.25) is 4.79 Å². The number of carbonyl (C=O) groups excluding carboxylic acids is 1. The SMILES string of the molecule is COC(=O)C(CN)C1CC2CCC(C1)S2(=O)=O. The van der Waals surface area contributed by atoms with E-state index in [1.165, 1.54) is 7.11 Å². The van der Waals surface area contributed by atoms with E-state index in [9.17, 15) is 13.2 Å². The van der Waals surface area contributed by atoms with Gasteiger partial charge in [0.1, 0.15) is 0 Å². The maximum absolute atomic E-state index is 11.9. The summed E-state index contributed by atoms with van der Waals surface area (Å²) in [7, 11) is -1.58. The molecule has 2 aliphatic heterocycles. The molecule has 3 unspecified atom stereocenters. The van der Waals surface area contributed by atoms with Crippen LogP contribution in [0.1, 0.15) is 25.7 Å². The summed E-state index contributed by atoms with van der Waals surface area (Å²) in [6, 6.07) is 0. The average Bonchev–Trinajstić information content (AvgIpc) is 2.51. The minimum absolute atomic E-state index is 0.0634. The van der Waals surface area contributed by atoms with Crippen LogP contribution >= 0.6 is 0 Å². The van der Waals surface area contributed by atoms with E-state index < -0.39 is 9.84 Å². The minimum Gasteiger partial charge on any atom is -0.469 e. The Hall–Kier alpha value is -0.620. The van der Waals surface area contributed by atoms with Gasteiger partial charge in [-0.1, -0.05) is 0 Å². The molecule has 2 bridgehead atoms. The number of rotatable bonds is 3. The van der Waals surface area contributed by atoms with Crippen LogP contribution in [0.25, 0.3) is 0 Å². The van der Waals surface area contributed by atoms with Gasteiger partial charge in [-0.15, -0.1) is 0 Å². The zero-order valence-corrected chi connectivity index (χ0v) is 10.8. The molecule has 0 spiro atoms. The number of fused-ring (bicyclic) bond motifs is 2. The van der Waals surface area contributed by atoms with E-state index in [0.717, 1.165) is 12.8 Å². The molecule has 17 heavy (non-hydrogen) atoms. The van der Waals surface area contributed by atoms with Crippen molar-refractivity contribution in [2.24, 2.45) is 17.6 Å². The number of esters is 1. The molecule has 3 atom stereocenters. The minimum atomic E-state index is -2.93. The molecule has 0 amide bonds. The number of sulfone groups is 1. The lowest BCUT2D eigenvalue weighted by atomic mass is 9.85. The van der Waals surface area contributed by atoms with Gasteiger partial charge in [0.2, 0.25) is 0 Å². The zero-order valence-electron chi connectivity index (χ0n) is 9.96. The molecule has 2 heterocycles. The third-order valence-corrected chi connectivity index (χ3v) is 6.91. The van der Waals surface area contributed by atoms with Gasteiger partial charge in [-0.05, 0) is 31.6 Å². The highest BCUT2D eigenvalue weighted by molar-refractivity contribution is 7.93. The van der Waals surface area contributed by atoms with Crippen LogP contribution in [-0.2, 0) is 19.4 Å². The third kappa shape index (κ3) is 2.08. The van der Waals surface area contributed by atoms with E-state index in [1.54, 1.807) is 0 Å². The molecule has 0 aromatic rings. The highest BCUT2D eigenvalue weighted by Gasteiger charge is 2.49. The van der Waals surface area contributed by atoms with Crippen LogP contribution in [0.3, 0.4) is 0 Å². The Bertz CT molecular complexity index is 386. The van der Waals surface area contributed by atoms with E-state index in [-0.39, 0.29) is 34.8 Å². The number of carbonyl (C=O) groups is 1. The maximum atomic E-state index is 11.9. The Morgan fingerprint density at radius 3 is 2.29 bits per heavy atom. The number of hydrogen-bond donors (Lipinski definition) is 1. The largest absolute Gasteiger partial charge is 0.469 e. The van der Waals surface area contributed by atoms with Crippen molar-refractivity contribution in [1.82, 2.24) is 0 Å². The van der Waals surface area contributed by atoms with E-state index >= 15 is 0 Å². The first-order chi connectivity index (χ1) is 8.00. The van der Waals surface area contributed by atoms with Gasteiger partial charge in [0.05, 0.1) is 23.5 Å². The molecule has 2 fully saturated rings. The lowest BCUT2D eigenvalue weighted by Crippen LogP contribution is -2.41. The van der Waals surface area contributed by atoms with Crippen LogP contribution in [0.2, 0.25) is 0 Å². The summed E-state index contributed by atoms with van der Waals surface area (Å²) in [4.78, 5) is 11.6. The van der Waals surface area contributed by atoms with Crippen molar-refractivity contribution in [2.75, 3.05) is 13.7 Å². The molecule has 98 valence electrons. The quantitative estimate of drug-likeness (QED) is 0.728. The number of hydrogen-bond acceptors (Lipinski definition) is 5. The summed E-state index contributed by atoms with van der Waals surface area (Å²) in [5.41, 5.74) is 5.61. The van der Waals surface area contributed by atoms with Gasteiger partial charge in [0.15, 0.2) is 9.84 Å². The van der Waals surface area contributed by atoms with Crippen LogP contribution in [0.4, 0.5) is 0 Å². The Kier molecular flexibility index (Phi) is 3.45. The van der Waals surface area contributed by atoms with Gasteiger partial charge < -0.3 is 10.5 Å². The van der Waals surface area contributed by atoms with Gasteiger partial charge in [0.25, 0.3) is 0 Å². The molecule has 2 saturated heterocycles. The van der Waals surface area contributed by atoms with Crippen molar-refractivity contribution in [1.29, 1.82) is 0 Å². The highest BCUT2D eigenvalue weighted by atomic mass is 32.2. The summed E-state index contributed by atoms with van der Waals surface area (Å²) in [6.45, 7) is 0.233. The van der Waals surface area contributed by atoms with Gasteiger partial charge in [0, 0.05) is 6.54 Å². The number of ether oxygens (including phenoxy) is 1. The molecular weight excluding hydrogens is 242 g/mol. The van der Waals surface area contributed by atoms with Crippen LogP contribution in [-0.4, -0.2) is 38.5 Å². The maximum Gasteiger partial charge on any atom is 0.310 e. The standard InChI is InChI=1S/C11H19NO4S/c1-16-11(13)10(6-12)7-4-8-2-3-9(5-7)17(8,14)15/h7-10H,2-6,12H2,1H3. The van der Waals surface area contributed by atoms with Crippen molar-refractivity contribution in [3.63, 3.8) is 0 Å². The molecule has 0 aliphatic carbocycles. The van der Waals surface area contributed by atoms with Crippen LogP contribution in [0, 0.1) is 11.8 Å². The Morgan fingerprint density at radius 1 is 1.35 bits per heavy atom. The second kappa shape index (κ2) is 4.57. The second-order valence-electron chi connectivity index (χ2n) is 5.01. The van der Waals surface area contributed by atoms with Gasteiger partial charge >= 0.3 is 5.97 Å². The fraction of sp³-hybridized carbons (Fsp3) is 0.909. The van der Waals surface area contributed by atoms with Crippen molar-refractivity contribution in [2.45, 2.75) is 36.2 Å². The van der Waals surface area contributed by atoms with Crippen molar-refractivity contribution < 1.29 is 17.9 Å². The van der Waals surface area contributed by atoms with Crippen LogP contribution in [0.15, 0.2) is 0 Å². The first-order valence-electron chi connectivity index (χ1n) is 6.01.